The number of para-hydroxylation sites is 1. The summed E-state index contributed by atoms with van der Waals surface area (Å²) in [5.41, 5.74) is 6.97. The Morgan fingerprint density at radius 3 is 2.38 bits per heavy atom. The van der Waals surface area contributed by atoms with Crippen LogP contribution in [0.4, 0.5) is 0 Å². The van der Waals surface area contributed by atoms with Gasteiger partial charge in [-0.2, -0.15) is 9.41 Å². The van der Waals surface area contributed by atoms with Crippen molar-refractivity contribution in [2.24, 2.45) is 5.10 Å². The molecule has 7 nitrogen and oxygen atoms in total. The van der Waals surface area contributed by atoms with E-state index in [-0.39, 0.29) is 18.0 Å². The number of hydrogen-bond acceptors (Lipinski definition) is 4. The molecule has 4 rings (SSSR count). The fourth-order valence-electron chi connectivity index (χ4n) is 4.23. The molecule has 0 bridgehead atoms. The summed E-state index contributed by atoms with van der Waals surface area (Å²) in [5, 5.41) is 4.74. The Hall–Kier alpha value is -3.24. The molecule has 0 spiro atoms. The zero-order valence-electron chi connectivity index (χ0n) is 21.5. The maximum atomic E-state index is 13.4. The van der Waals surface area contributed by atoms with Crippen LogP contribution in [0.15, 0.2) is 99.4 Å². The number of hydrazone groups is 1. The first-order valence-corrected chi connectivity index (χ1v) is 14.8. The number of hydrogen-bond donors (Lipinski definition) is 1. The minimum absolute atomic E-state index is 0.113. The summed E-state index contributed by atoms with van der Waals surface area (Å²) in [6, 6.07) is 25.4. The molecule has 0 aliphatic carbocycles. The van der Waals surface area contributed by atoms with Crippen molar-refractivity contribution in [2.45, 2.75) is 25.2 Å². The number of nitrogens with zero attached hydrogens (tertiary/aromatic N) is 3. The lowest BCUT2D eigenvalue weighted by Crippen LogP contribution is -2.40. The zero-order valence-corrected chi connectivity index (χ0v) is 24.7. The Bertz CT molecular complexity index is 1590. The minimum Gasteiger partial charge on any atom is -0.316 e. The SMILES string of the molecule is Cc1cc(/C=N/NC(=O)CN(CCc2ccccc2)S(=O)(=O)c2ccc(Br)cc2)c(C)n1-c1ccccc1Cl. The Kier molecular flexibility index (Phi) is 9.40. The predicted octanol–water partition coefficient (Wildman–Crippen LogP) is 5.89. The van der Waals surface area contributed by atoms with Gasteiger partial charge in [0.05, 0.1) is 28.4 Å². The molecule has 0 aliphatic rings. The molecule has 1 heterocycles. The highest BCUT2D eigenvalue weighted by atomic mass is 79.9. The average Bonchev–Trinajstić information content (AvgIpc) is 3.20. The quantitative estimate of drug-likeness (QED) is 0.176. The average molecular weight is 628 g/mol. The highest BCUT2D eigenvalue weighted by molar-refractivity contribution is 9.10. The number of carbonyl (C=O) groups is 1. The number of amides is 1. The van der Waals surface area contributed by atoms with Crippen LogP contribution >= 0.6 is 27.5 Å². The van der Waals surface area contributed by atoms with Gasteiger partial charge in [0.15, 0.2) is 0 Å². The molecule has 1 N–H and O–H groups in total. The zero-order chi connectivity index (χ0) is 28.0. The van der Waals surface area contributed by atoms with E-state index in [4.69, 9.17) is 11.6 Å². The third-order valence-corrected chi connectivity index (χ3v) is 8.93. The Balaban J connectivity index is 1.49. The van der Waals surface area contributed by atoms with Gasteiger partial charge in [-0.1, -0.05) is 70.0 Å². The van der Waals surface area contributed by atoms with E-state index >= 15 is 0 Å². The molecule has 0 unspecified atom stereocenters. The first-order valence-electron chi connectivity index (χ1n) is 12.2. The van der Waals surface area contributed by atoms with Gasteiger partial charge in [0.1, 0.15) is 0 Å². The molecule has 10 heteroatoms. The van der Waals surface area contributed by atoms with Gasteiger partial charge in [0.2, 0.25) is 10.0 Å². The molecule has 0 saturated carbocycles. The minimum atomic E-state index is -3.92. The second-order valence-electron chi connectivity index (χ2n) is 8.93. The number of benzene rings is 3. The second-order valence-corrected chi connectivity index (χ2v) is 12.2. The van der Waals surface area contributed by atoms with Crippen LogP contribution in [0, 0.1) is 13.8 Å². The van der Waals surface area contributed by atoms with E-state index in [0.29, 0.717) is 11.4 Å². The van der Waals surface area contributed by atoms with Crippen LogP contribution < -0.4 is 5.43 Å². The number of sulfonamides is 1. The van der Waals surface area contributed by atoms with E-state index in [9.17, 15) is 13.2 Å². The van der Waals surface area contributed by atoms with E-state index in [1.807, 2.05) is 79.1 Å². The summed E-state index contributed by atoms with van der Waals surface area (Å²) in [4.78, 5) is 13.0. The van der Waals surface area contributed by atoms with Gasteiger partial charge in [-0.05, 0) is 68.3 Å². The van der Waals surface area contributed by atoms with Crippen LogP contribution in [0.5, 0.6) is 0 Å². The molecule has 0 atom stereocenters. The molecule has 1 aromatic heterocycles. The van der Waals surface area contributed by atoms with E-state index in [1.165, 1.54) is 16.4 Å². The highest BCUT2D eigenvalue weighted by Gasteiger charge is 2.26. The van der Waals surface area contributed by atoms with Gasteiger partial charge in [-0.15, -0.1) is 0 Å². The summed E-state index contributed by atoms with van der Waals surface area (Å²) in [6.45, 7) is 3.67. The number of halogens is 2. The van der Waals surface area contributed by atoms with Gasteiger partial charge in [-0.25, -0.2) is 13.8 Å². The normalized spacial score (nSPS) is 11.8. The summed E-state index contributed by atoms with van der Waals surface area (Å²) >= 11 is 9.72. The third-order valence-electron chi connectivity index (χ3n) is 6.22. The Morgan fingerprint density at radius 1 is 1.03 bits per heavy atom. The van der Waals surface area contributed by atoms with E-state index in [0.717, 1.165) is 32.7 Å². The first kappa shape index (κ1) is 28.8. The number of rotatable bonds is 10. The third kappa shape index (κ3) is 7.05. The van der Waals surface area contributed by atoms with E-state index in [1.54, 1.807) is 18.3 Å². The molecule has 0 radical (unpaired) electrons. The lowest BCUT2D eigenvalue weighted by Gasteiger charge is -2.21. The summed E-state index contributed by atoms with van der Waals surface area (Å²) in [7, 11) is -3.92. The molecule has 39 heavy (non-hydrogen) atoms. The Labute approximate surface area is 242 Å². The fourth-order valence-corrected chi connectivity index (χ4v) is 6.11. The van der Waals surface area contributed by atoms with Gasteiger partial charge in [-0.3, -0.25) is 4.79 Å². The number of aryl methyl sites for hydroxylation is 1. The van der Waals surface area contributed by atoms with Crippen LogP contribution in [0.3, 0.4) is 0 Å². The maximum Gasteiger partial charge on any atom is 0.255 e. The van der Waals surface area contributed by atoms with Crippen LogP contribution in [0.2, 0.25) is 5.02 Å². The second kappa shape index (κ2) is 12.7. The van der Waals surface area contributed by atoms with E-state index in [2.05, 4.69) is 26.5 Å². The highest BCUT2D eigenvalue weighted by Crippen LogP contribution is 2.25. The number of nitrogens with one attached hydrogen (secondary N) is 1. The molecule has 1 amide bonds. The van der Waals surface area contributed by atoms with E-state index < -0.39 is 15.9 Å². The van der Waals surface area contributed by atoms with Crippen molar-refractivity contribution < 1.29 is 13.2 Å². The summed E-state index contributed by atoms with van der Waals surface area (Å²) < 4.78 is 30.8. The predicted molar refractivity (Wildman–Crippen MR) is 159 cm³/mol. The van der Waals surface area contributed by atoms with Crippen molar-refractivity contribution in [3.8, 4) is 5.69 Å². The number of aromatic nitrogens is 1. The first-order chi connectivity index (χ1) is 18.7. The van der Waals surface area contributed by atoms with Gasteiger partial charge < -0.3 is 4.57 Å². The fraction of sp³-hybridized carbons (Fsp3) is 0.172. The Morgan fingerprint density at radius 2 is 1.69 bits per heavy atom. The standard InChI is InChI=1S/C29H28BrClN4O3S/c1-21-18-24(22(2)35(21)28-11-7-6-10-27(28)31)19-32-33-29(36)20-34(17-16-23-8-4-3-5-9-23)39(37,38)26-14-12-25(30)13-15-26/h3-15,18-19H,16-17,20H2,1-2H3,(H,33,36)/b32-19+. The van der Waals surface area contributed by atoms with Crippen molar-refractivity contribution in [1.82, 2.24) is 14.3 Å². The van der Waals surface area contributed by atoms with Gasteiger partial charge in [0, 0.05) is 28.0 Å². The van der Waals surface area contributed by atoms with Crippen LogP contribution in [0.1, 0.15) is 22.5 Å². The molecule has 202 valence electrons. The van der Waals surface area contributed by atoms with Gasteiger partial charge >= 0.3 is 0 Å². The molecule has 4 aromatic rings. The summed E-state index contributed by atoms with van der Waals surface area (Å²) in [5.74, 6) is -0.542. The molecule has 3 aromatic carbocycles. The van der Waals surface area contributed by atoms with Crippen LogP contribution in [0.25, 0.3) is 5.69 Å². The van der Waals surface area contributed by atoms with Gasteiger partial charge in [0.25, 0.3) is 5.91 Å². The van der Waals surface area contributed by atoms with Crippen molar-refractivity contribution >= 4 is 49.7 Å². The van der Waals surface area contributed by atoms with Crippen molar-refractivity contribution in [1.29, 1.82) is 0 Å². The monoisotopic (exact) mass is 626 g/mol. The molecule has 0 fully saturated rings. The molecular formula is C29H28BrClN4O3S. The molecule has 0 saturated heterocycles. The molecule has 0 aliphatic heterocycles. The number of carbonyl (C=O) groups excluding carboxylic acids is 1. The van der Waals surface area contributed by atoms with Crippen molar-refractivity contribution in [3.05, 3.63) is 117 Å². The van der Waals surface area contributed by atoms with Crippen molar-refractivity contribution in [2.75, 3.05) is 13.1 Å². The topological polar surface area (TPSA) is 83.8 Å². The lowest BCUT2D eigenvalue weighted by atomic mass is 10.1. The van der Waals surface area contributed by atoms with Crippen molar-refractivity contribution in [3.63, 3.8) is 0 Å². The largest absolute Gasteiger partial charge is 0.316 e. The maximum absolute atomic E-state index is 13.4. The smallest absolute Gasteiger partial charge is 0.255 e. The lowest BCUT2D eigenvalue weighted by molar-refractivity contribution is -0.121. The van der Waals surface area contributed by atoms with Crippen LogP contribution in [-0.4, -0.2) is 42.5 Å². The van der Waals surface area contributed by atoms with Crippen LogP contribution in [-0.2, 0) is 21.2 Å². The summed E-state index contributed by atoms with van der Waals surface area (Å²) in [6.07, 6.45) is 2.01. The molecular weight excluding hydrogens is 600 g/mol.